The second kappa shape index (κ2) is 9.27. The number of amides is 2. The summed E-state index contributed by atoms with van der Waals surface area (Å²) in [6.07, 6.45) is 6.87. The lowest BCUT2D eigenvalue weighted by molar-refractivity contribution is -0.113. The maximum Gasteiger partial charge on any atom is 0.251 e. The van der Waals surface area contributed by atoms with Crippen LogP contribution >= 0.6 is 23.1 Å². The number of rotatable bonds is 7. The van der Waals surface area contributed by atoms with Gasteiger partial charge in [-0.2, -0.15) is 4.31 Å². The first-order chi connectivity index (χ1) is 14.9. The van der Waals surface area contributed by atoms with Gasteiger partial charge in [-0.1, -0.05) is 18.2 Å². The Morgan fingerprint density at radius 2 is 1.94 bits per heavy atom. The predicted molar refractivity (Wildman–Crippen MR) is 121 cm³/mol. The van der Waals surface area contributed by atoms with Crippen LogP contribution < -0.4 is 11.1 Å². The van der Waals surface area contributed by atoms with E-state index in [2.05, 4.69) is 10.3 Å². The van der Waals surface area contributed by atoms with Gasteiger partial charge in [-0.15, -0.1) is 11.3 Å². The number of pyridine rings is 1. The van der Waals surface area contributed by atoms with Crippen LogP contribution in [0.1, 0.15) is 46.5 Å². The van der Waals surface area contributed by atoms with E-state index in [4.69, 9.17) is 5.73 Å². The van der Waals surface area contributed by atoms with Gasteiger partial charge in [0.2, 0.25) is 15.9 Å². The van der Waals surface area contributed by atoms with Crippen LogP contribution in [-0.4, -0.2) is 48.4 Å². The number of sulfonamides is 1. The molecule has 2 aliphatic rings. The van der Waals surface area contributed by atoms with E-state index in [-0.39, 0.29) is 16.6 Å². The largest absolute Gasteiger partial charge is 0.365 e. The van der Waals surface area contributed by atoms with E-state index in [1.54, 1.807) is 6.07 Å². The monoisotopic (exact) mass is 480 g/mol. The van der Waals surface area contributed by atoms with Crippen molar-refractivity contribution < 1.29 is 18.0 Å². The fraction of sp³-hybridized carbons (Fsp3) is 0.450. The van der Waals surface area contributed by atoms with Gasteiger partial charge in [-0.25, -0.2) is 13.4 Å². The molecule has 0 bridgehead atoms. The Hall–Kier alpha value is -1.95. The molecule has 2 amide bonds. The van der Waals surface area contributed by atoms with Gasteiger partial charge in [0.15, 0.2) is 0 Å². The number of thioether (sulfide) groups is 1. The first-order valence-electron chi connectivity index (χ1n) is 10.2. The minimum absolute atomic E-state index is 0.0893. The van der Waals surface area contributed by atoms with Crippen molar-refractivity contribution in [3.8, 4) is 0 Å². The fourth-order valence-corrected chi connectivity index (χ4v) is 7.33. The van der Waals surface area contributed by atoms with Crippen molar-refractivity contribution in [2.45, 2.75) is 48.4 Å². The Kier molecular flexibility index (Phi) is 6.65. The summed E-state index contributed by atoms with van der Waals surface area (Å²) in [5, 5.41) is 3.86. The second-order valence-corrected chi connectivity index (χ2v) is 11.6. The molecular weight excluding hydrogens is 456 g/mol. The van der Waals surface area contributed by atoms with Crippen LogP contribution in [-0.2, 0) is 27.7 Å². The third kappa shape index (κ3) is 4.79. The molecule has 0 radical (unpaired) electrons. The van der Waals surface area contributed by atoms with Crippen molar-refractivity contribution in [1.29, 1.82) is 0 Å². The minimum Gasteiger partial charge on any atom is -0.365 e. The van der Waals surface area contributed by atoms with Crippen molar-refractivity contribution in [2.75, 3.05) is 24.2 Å². The first kappa shape index (κ1) is 22.3. The van der Waals surface area contributed by atoms with E-state index in [9.17, 15) is 18.0 Å². The van der Waals surface area contributed by atoms with Gasteiger partial charge in [0, 0.05) is 24.2 Å². The molecular formula is C20H24N4O4S3. The summed E-state index contributed by atoms with van der Waals surface area (Å²) >= 11 is 2.62. The number of anilines is 1. The number of piperidine rings is 1. The highest BCUT2D eigenvalue weighted by Gasteiger charge is 2.27. The molecule has 0 atom stereocenters. The highest BCUT2D eigenvalue weighted by Crippen LogP contribution is 2.39. The maximum absolute atomic E-state index is 12.7. The third-order valence-corrected chi connectivity index (χ3v) is 9.47. The number of fused-ring (bicyclic) bond motifs is 1. The van der Waals surface area contributed by atoms with Crippen LogP contribution in [0.3, 0.4) is 0 Å². The van der Waals surface area contributed by atoms with Crippen molar-refractivity contribution >= 4 is 49.9 Å². The van der Waals surface area contributed by atoms with Gasteiger partial charge in [0.1, 0.15) is 9.90 Å². The molecule has 0 aromatic carbocycles. The van der Waals surface area contributed by atoms with Crippen LogP contribution in [0.4, 0.5) is 5.00 Å². The third-order valence-electron chi connectivity index (χ3n) is 5.43. The smallest absolute Gasteiger partial charge is 0.251 e. The van der Waals surface area contributed by atoms with Crippen LogP contribution in [0.2, 0.25) is 0 Å². The lowest BCUT2D eigenvalue weighted by Gasteiger charge is -2.25. The molecule has 166 valence electrons. The molecule has 0 unspecified atom stereocenters. The Labute approximate surface area is 189 Å². The zero-order chi connectivity index (χ0) is 22.0. The van der Waals surface area contributed by atoms with E-state index in [0.717, 1.165) is 49.0 Å². The molecule has 0 spiro atoms. The number of primary amides is 1. The van der Waals surface area contributed by atoms with E-state index in [1.807, 2.05) is 0 Å². The molecule has 1 saturated heterocycles. The van der Waals surface area contributed by atoms with Gasteiger partial charge >= 0.3 is 0 Å². The molecule has 8 nitrogen and oxygen atoms in total. The summed E-state index contributed by atoms with van der Waals surface area (Å²) in [6.45, 7) is 1.08. The number of carbonyl (C=O) groups is 2. The molecule has 31 heavy (non-hydrogen) atoms. The summed E-state index contributed by atoms with van der Waals surface area (Å²) in [5.74, 6) is -0.694. The number of carbonyl (C=O) groups excluding carboxylic acids is 2. The van der Waals surface area contributed by atoms with Crippen LogP contribution in [0, 0.1) is 0 Å². The molecule has 4 rings (SSSR count). The quantitative estimate of drug-likeness (QED) is 0.588. The van der Waals surface area contributed by atoms with E-state index >= 15 is 0 Å². The number of hydrogen-bond donors (Lipinski definition) is 2. The molecule has 0 saturated carbocycles. The van der Waals surface area contributed by atoms with Crippen LogP contribution in [0.25, 0.3) is 0 Å². The predicted octanol–water partition coefficient (Wildman–Crippen LogP) is 2.64. The van der Waals surface area contributed by atoms with Crippen LogP contribution in [0.15, 0.2) is 28.3 Å². The second-order valence-electron chi connectivity index (χ2n) is 7.56. The minimum atomic E-state index is -3.52. The Bertz CT molecular complexity index is 1090. The number of nitrogens with zero attached hydrogens (tertiary/aromatic N) is 2. The molecule has 3 heterocycles. The highest BCUT2D eigenvalue weighted by atomic mass is 32.2. The molecule has 1 aliphatic carbocycles. The van der Waals surface area contributed by atoms with Gasteiger partial charge < -0.3 is 11.1 Å². The average molecular weight is 481 g/mol. The van der Waals surface area contributed by atoms with Gasteiger partial charge in [-0.05, 0) is 49.8 Å². The number of nitrogens with two attached hydrogens (primary N) is 1. The van der Waals surface area contributed by atoms with Gasteiger partial charge in [-0.3, -0.25) is 9.59 Å². The Morgan fingerprint density at radius 3 is 2.61 bits per heavy atom. The lowest BCUT2D eigenvalue weighted by atomic mass is 10.1. The number of thiophene rings is 1. The van der Waals surface area contributed by atoms with Gasteiger partial charge in [0.25, 0.3) is 5.91 Å². The Balaban J connectivity index is 1.37. The van der Waals surface area contributed by atoms with E-state index < -0.39 is 15.9 Å². The van der Waals surface area contributed by atoms with Gasteiger partial charge in [0.05, 0.1) is 16.3 Å². The van der Waals surface area contributed by atoms with Crippen molar-refractivity contribution in [3.63, 3.8) is 0 Å². The molecule has 11 heteroatoms. The van der Waals surface area contributed by atoms with E-state index in [1.165, 1.54) is 39.7 Å². The summed E-state index contributed by atoms with van der Waals surface area (Å²) < 4.78 is 26.9. The molecule has 3 N–H and O–H groups in total. The average Bonchev–Trinajstić information content (AvgIpc) is 3.33. The van der Waals surface area contributed by atoms with Crippen molar-refractivity contribution in [3.05, 3.63) is 34.3 Å². The zero-order valence-electron chi connectivity index (χ0n) is 16.9. The first-order valence-corrected chi connectivity index (χ1v) is 13.4. The summed E-state index contributed by atoms with van der Waals surface area (Å²) in [5.41, 5.74) is 6.92. The zero-order valence-corrected chi connectivity index (χ0v) is 19.4. The molecule has 2 aromatic rings. The number of hydrogen-bond acceptors (Lipinski definition) is 7. The van der Waals surface area contributed by atoms with Crippen molar-refractivity contribution in [1.82, 2.24) is 9.29 Å². The summed E-state index contributed by atoms with van der Waals surface area (Å²) in [7, 11) is -3.52. The number of nitrogens with one attached hydrogen (secondary N) is 1. The van der Waals surface area contributed by atoms with Crippen LogP contribution in [0.5, 0.6) is 0 Å². The lowest BCUT2D eigenvalue weighted by Crippen LogP contribution is -2.35. The number of aromatic nitrogens is 1. The summed E-state index contributed by atoms with van der Waals surface area (Å²) in [4.78, 5) is 29.7. The van der Waals surface area contributed by atoms with E-state index in [0.29, 0.717) is 28.7 Å². The molecule has 2 aromatic heterocycles. The highest BCUT2D eigenvalue weighted by molar-refractivity contribution is 7.99. The molecule has 1 aliphatic heterocycles. The Morgan fingerprint density at radius 1 is 1.16 bits per heavy atom. The fourth-order valence-electron chi connectivity index (χ4n) is 3.91. The SMILES string of the molecule is NC(=O)c1c(NC(=O)CSc2ccc(S(=O)(=O)N3CCCCC3)cn2)sc2c1CCC2. The summed E-state index contributed by atoms with van der Waals surface area (Å²) in [6, 6.07) is 3.15. The maximum atomic E-state index is 12.7. The standard InChI is InChI=1S/C20H24N4O4S3/c21-19(26)18-14-5-4-6-15(14)30-20(18)23-16(25)12-29-17-8-7-13(11-22-17)31(27,28)24-9-2-1-3-10-24/h7-8,11H,1-6,9-10,12H2,(H2,21,26)(H,23,25). The topological polar surface area (TPSA) is 122 Å². The number of aryl methyl sites for hydroxylation is 1. The normalized spacial score (nSPS) is 16.8. The van der Waals surface area contributed by atoms with Crippen molar-refractivity contribution in [2.24, 2.45) is 5.73 Å². The molecule has 1 fully saturated rings.